The molecule has 0 aliphatic rings. The van der Waals surface area contributed by atoms with Crippen molar-refractivity contribution in [3.63, 3.8) is 0 Å². The molecule has 0 spiro atoms. The van der Waals surface area contributed by atoms with E-state index in [0.717, 1.165) is 16.9 Å². The van der Waals surface area contributed by atoms with Gasteiger partial charge in [-0.3, -0.25) is 10.1 Å². The lowest BCUT2D eigenvalue weighted by Crippen LogP contribution is -1.99. The van der Waals surface area contributed by atoms with E-state index in [4.69, 9.17) is 0 Å². The number of non-ortho nitro benzene ring substituents is 1. The summed E-state index contributed by atoms with van der Waals surface area (Å²) in [6.45, 7) is 2.02. The Bertz CT molecular complexity index is 776. The van der Waals surface area contributed by atoms with Crippen molar-refractivity contribution in [2.45, 2.75) is 6.92 Å². The van der Waals surface area contributed by atoms with Crippen molar-refractivity contribution in [3.05, 3.63) is 70.4 Å². The van der Waals surface area contributed by atoms with Gasteiger partial charge in [-0.05, 0) is 19.1 Å². The molecule has 6 nitrogen and oxygen atoms in total. The number of nitrogens with zero attached hydrogens (tertiary/aromatic N) is 4. The third kappa shape index (κ3) is 2.51. The van der Waals surface area contributed by atoms with Crippen molar-refractivity contribution in [3.8, 4) is 16.9 Å². The van der Waals surface area contributed by atoms with Crippen LogP contribution in [0.25, 0.3) is 16.9 Å². The number of benzene rings is 2. The van der Waals surface area contributed by atoms with Crippen LogP contribution in [0.3, 0.4) is 0 Å². The summed E-state index contributed by atoms with van der Waals surface area (Å²) in [6.07, 6.45) is 1.67. The second-order valence-electron chi connectivity index (χ2n) is 4.67. The first-order valence-corrected chi connectivity index (χ1v) is 6.38. The third-order valence-corrected chi connectivity index (χ3v) is 3.20. The van der Waals surface area contributed by atoms with E-state index in [-0.39, 0.29) is 5.69 Å². The van der Waals surface area contributed by atoms with Crippen LogP contribution in [0, 0.1) is 17.0 Å². The van der Waals surface area contributed by atoms with E-state index in [1.807, 2.05) is 31.2 Å². The topological polar surface area (TPSA) is 73.8 Å². The Balaban J connectivity index is 2.02. The summed E-state index contributed by atoms with van der Waals surface area (Å²) in [5.74, 6) is 0. The van der Waals surface area contributed by atoms with E-state index in [2.05, 4.69) is 10.3 Å². The molecule has 0 unspecified atom stereocenters. The number of rotatable bonds is 3. The van der Waals surface area contributed by atoms with Gasteiger partial charge in [0.15, 0.2) is 0 Å². The molecule has 0 amide bonds. The van der Waals surface area contributed by atoms with Crippen LogP contribution in [0.4, 0.5) is 5.69 Å². The van der Waals surface area contributed by atoms with E-state index < -0.39 is 4.92 Å². The second-order valence-corrected chi connectivity index (χ2v) is 4.67. The summed E-state index contributed by atoms with van der Waals surface area (Å²) in [5.41, 5.74) is 3.78. The summed E-state index contributed by atoms with van der Waals surface area (Å²) < 4.78 is 1.66. The lowest BCUT2D eigenvalue weighted by atomic mass is 10.1. The molecule has 3 aromatic rings. The number of hydrogen-bond donors (Lipinski definition) is 0. The van der Waals surface area contributed by atoms with Crippen LogP contribution in [0.15, 0.2) is 54.7 Å². The predicted molar refractivity (Wildman–Crippen MR) is 78.2 cm³/mol. The number of hydrogen-bond acceptors (Lipinski definition) is 4. The molecule has 6 heteroatoms. The molecular weight excluding hydrogens is 268 g/mol. The summed E-state index contributed by atoms with van der Waals surface area (Å²) >= 11 is 0. The van der Waals surface area contributed by atoms with Gasteiger partial charge in [0.2, 0.25) is 0 Å². The first-order chi connectivity index (χ1) is 10.1. The van der Waals surface area contributed by atoms with E-state index in [1.165, 1.54) is 17.7 Å². The Morgan fingerprint density at radius 2 is 1.71 bits per heavy atom. The first kappa shape index (κ1) is 13.0. The van der Waals surface area contributed by atoms with Crippen LogP contribution in [0.5, 0.6) is 0 Å². The van der Waals surface area contributed by atoms with Crippen molar-refractivity contribution < 1.29 is 4.92 Å². The van der Waals surface area contributed by atoms with Crippen molar-refractivity contribution in [1.29, 1.82) is 0 Å². The lowest BCUT2D eigenvalue weighted by Gasteiger charge is -2.06. The largest absolute Gasteiger partial charge is 0.269 e. The molecule has 0 N–H and O–H groups in total. The maximum atomic E-state index is 10.7. The zero-order valence-electron chi connectivity index (χ0n) is 11.3. The van der Waals surface area contributed by atoms with Gasteiger partial charge < -0.3 is 0 Å². The number of aryl methyl sites for hydroxylation is 1. The molecule has 3 rings (SSSR count). The fraction of sp³-hybridized carbons (Fsp3) is 0.0667. The van der Waals surface area contributed by atoms with Crippen LogP contribution in [0.2, 0.25) is 0 Å². The molecule has 0 bridgehead atoms. The maximum Gasteiger partial charge on any atom is 0.269 e. The number of nitro groups is 1. The summed E-state index contributed by atoms with van der Waals surface area (Å²) in [7, 11) is 0. The molecule has 104 valence electrons. The molecule has 0 aliphatic heterocycles. The molecule has 1 aromatic heterocycles. The highest BCUT2D eigenvalue weighted by Gasteiger charge is 2.10. The van der Waals surface area contributed by atoms with Gasteiger partial charge in [-0.25, -0.2) is 4.68 Å². The van der Waals surface area contributed by atoms with Gasteiger partial charge in [-0.2, -0.15) is 0 Å². The minimum Gasteiger partial charge on any atom is -0.258 e. The van der Waals surface area contributed by atoms with Crippen LogP contribution in [0.1, 0.15) is 5.56 Å². The van der Waals surface area contributed by atoms with Crippen molar-refractivity contribution in [1.82, 2.24) is 15.0 Å². The normalized spacial score (nSPS) is 10.5. The Labute approximate surface area is 120 Å². The van der Waals surface area contributed by atoms with Crippen LogP contribution in [-0.2, 0) is 0 Å². The third-order valence-electron chi connectivity index (χ3n) is 3.20. The second kappa shape index (κ2) is 5.16. The highest BCUT2D eigenvalue weighted by Crippen LogP contribution is 2.23. The highest BCUT2D eigenvalue weighted by molar-refractivity contribution is 5.61. The van der Waals surface area contributed by atoms with E-state index in [1.54, 1.807) is 23.0 Å². The molecular formula is C15H12N4O2. The molecule has 0 radical (unpaired) electrons. The number of aromatic nitrogens is 3. The summed E-state index contributed by atoms with van der Waals surface area (Å²) in [4.78, 5) is 10.3. The minimum atomic E-state index is -0.425. The standard InChI is InChI=1S/C15H12N4O2/c1-11-2-4-12(5-3-11)15-10-16-17-18(15)13-6-8-14(9-7-13)19(20)21/h2-10H,1H3. The zero-order chi connectivity index (χ0) is 14.8. The van der Waals surface area contributed by atoms with Gasteiger partial charge in [-0.1, -0.05) is 35.0 Å². The van der Waals surface area contributed by atoms with Crippen molar-refractivity contribution in [2.24, 2.45) is 0 Å². The molecule has 0 saturated carbocycles. The average molecular weight is 280 g/mol. The molecule has 0 fully saturated rings. The fourth-order valence-electron chi connectivity index (χ4n) is 2.06. The van der Waals surface area contributed by atoms with Gasteiger partial charge in [-0.15, -0.1) is 5.10 Å². The van der Waals surface area contributed by atoms with Gasteiger partial charge in [0.05, 0.1) is 22.5 Å². The zero-order valence-corrected chi connectivity index (χ0v) is 11.3. The van der Waals surface area contributed by atoms with Gasteiger partial charge in [0.1, 0.15) is 0 Å². The van der Waals surface area contributed by atoms with Gasteiger partial charge in [0.25, 0.3) is 5.69 Å². The monoisotopic (exact) mass is 280 g/mol. The molecule has 0 atom stereocenters. The van der Waals surface area contributed by atoms with Crippen LogP contribution < -0.4 is 0 Å². The van der Waals surface area contributed by atoms with Gasteiger partial charge in [0, 0.05) is 17.7 Å². The van der Waals surface area contributed by atoms with Gasteiger partial charge >= 0.3 is 0 Å². The molecule has 0 aliphatic carbocycles. The highest BCUT2D eigenvalue weighted by atomic mass is 16.6. The lowest BCUT2D eigenvalue weighted by molar-refractivity contribution is -0.384. The molecule has 2 aromatic carbocycles. The first-order valence-electron chi connectivity index (χ1n) is 6.38. The quantitative estimate of drug-likeness (QED) is 0.545. The minimum absolute atomic E-state index is 0.0516. The Kier molecular flexibility index (Phi) is 3.19. The molecule has 1 heterocycles. The fourth-order valence-corrected chi connectivity index (χ4v) is 2.06. The molecule has 21 heavy (non-hydrogen) atoms. The Hall–Kier alpha value is -3.02. The van der Waals surface area contributed by atoms with E-state index >= 15 is 0 Å². The van der Waals surface area contributed by atoms with Crippen molar-refractivity contribution in [2.75, 3.05) is 0 Å². The smallest absolute Gasteiger partial charge is 0.258 e. The molecule has 0 saturated heterocycles. The SMILES string of the molecule is Cc1ccc(-c2cnnn2-c2ccc([N+](=O)[O-])cc2)cc1. The van der Waals surface area contributed by atoms with Crippen LogP contribution >= 0.6 is 0 Å². The van der Waals surface area contributed by atoms with Crippen molar-refractivity contribution >= 4 is 5.69 Å². The van der Waals surface area contributed by atoms with E-state index in [0.29, 0.717) is 0 Å². The summed E-state index contributed by atoms with van der Waals surface area (Å²) in [6, 6.07) is 14.2. The van der Waals surface area contributed by atoms with E-state index in [9.17, 15) is 10.1 Å². The Morgan fingerprint density at radius 3 is 2.33 bits per heavy atom. The van der Waals surface area contributed by atoms with Crippen LogP contribution in [-0.4, -0.2) is 19.9 Å². The summed E-state index contributed by atoms with van der Waals surface area (Å²) in [5, 5.41) is 18.7. The Morgan fingerprint density at radius 1 is 1.05 bits per heavy atom. The predicted octanol–water partition coefficient (Wildman–Crippen LogP) is 3.15. The average Bonchev–Trinajstić information content (AvgIpc) is 2.97. The number of nitro benzene ring substituents is 1. The maximum absolute atomic E-state index is 10.7.